The molecule has 2 aromatic carbocycles. The van der Waals surface area contributed by atoms with Gasteiger partial charge < -0.3 is 19.9 Å². The Morgan fingerprint density at radius 3 is 2.48 bits per heavy atom. The number of hydrogen-bond acceptors (Lipinski definition) is 7. The quantitative estimate of drug-likeness (QED) is 0.278. The van der Waals surface area contributed by atoms with Crippen molar-refractivity contribution >= 4 is 52.5 Å². The maximum absolute atomic E-state index is 12.3. The van der Waals surface area contributed by atoms with Gasteiger partial charge in [-0.15, -0.1) is 0 Å². The number of nitrogens with zero attached hydrogens (tertiary/aromatic N) is 3. The van der Waals surface area contributed by atoms with Gasteiger partial charge in [0.05, 0.1) is 10.7 Å². The van der Waals surface area contributed by atoms with E-state index in [4.69, 9.17) is 21.6 Å². The lowest BCUT2D eigenvalue weighted by molar-refractivity contribution is -0.142. The van der Waals surface area contributed by atoms with Crippen molar-refractivity contribution in [3.63, 3.8) is 0 Å². The van der Waals surface area contributed by atoms with Gasteiger partial charge in [0.2, 0.25) is 5.91 Å². The third-order valence-corrected chi connectivity index (χ3v) is 5.69. The topological polar surface area (TPSA) is 103 Å². The van der Waals surface area contributed by atoms with Gasteiger partial charge in [0.25, 0.3) is 5.91 Å². The summed E-state index contributed by atoms with van der Waals surface area (Å²) in [6.45, 7) is 1.96. The zero-order valence-electron chi connectivity index (χ0n) is 17.6. The van der Waals surface area contributed by atoms with Crippen LogP contribution >= 0.6 is 23.4 Å². The summed E-state index contributed by atoms with van der Waals surface area (Å²) in [6, 6.07) is 14.7. The van der Waals surface area contributed by atoms with E-state index in [0.29, 0.717) is 36.8 Å². The molecule has 0 aromatic heterocycles. The van der Waals surface area contributed by atoms with Crippen LogP contribution in [0.15, 0.2) is 65.6 Å². The van der Waals surface area contributed by atoms with Crippen LogP contribution in [-0.4, -0.2) is 55.5 Å². The molecule has 0 spiro atoms. The molecule has 10 heteroatoms. The number of rotatable bonds is 7. The van der Waals surface area contributed by atoms with Crippen LogP contribution in [0.4, 0.5) is 11.4 Å². The number of nitrogens with one attached hydrogen (secondary N) is 1. The number of amides is 2. The van der Waals surface area contributed by atoms with Crippen LogP contribution in [-0.2, 0) is 19.1 Å². The minimum Gasteiger partial charge on any atom is -0.452 e. The van der Waals surface area contributed by atoms with E-state index in [9.17, 15) is 14.4 Å². The van der Waals surface area contributed by atoms with Crippen LogP contribution < -0.4 is 10.2 Å². The molecule has 0 aliphatic carbocycles. The molecule has 0 unspecified atom stereocenters. The van der Waals surface area contributed by atoms with Gasteiger partial charge in [0.15, 0.2) is 6.61 Å². The predicted octanol–water partition coefficient (Wildman–Crippen LogP) is 3.30. The number of benzene rings is 2. The summed E-state index contributed by atoms with van der Waals surface area (Å²) in [4.78, 5) is 40.7. The van der Waals surface area contributed by atoms with Crippen LogP contribution in [0.3, 0.4) is 0 Å². The fraction of sp³-hybridized carbons (Fsp3) is 0.217. The second-order valence-corrected chi connectivity index (χ2v) is 8.24. The van der Waals surface area contributed by atoms with Gasteiger partial charge in [0.1, 0.15) is 5.40 Å². The summed E-state index contributed by atoms with van der Waals surface area (Å²) >= 11 is 7.02. The molecule has 1 saturated heterocycles. The van der Waals surface area contributed by atoms with Gasteiger partial charge >= 0.3 is 5.97 Å². The lowest BCUT2D eigenvalue weighted by atomic mass is 10.2. The molecule has 1 N–H and O–H groups in total. The number of thioether (sulfide) groups is 1. The lowest BCUT2D eigenvalue weighted by Crippen LogP contribution is -2.48. The SMILES string of the molecule is N#CSc1ccc(NC(=O)COC(=O)/C=C/C(=O)N2CCN(c3ccccc3)CC2)c(Cl)c1. The molecule has 3 rings (SSSR count). The highest BCUT2D eigenvalue weighted by Gasteiger charge is 2.20. The van der Waals surface area contributed by atoms with Gasteiger partial charge in [-0.2, -0.15) is 5.26 Å². The average molecular weight is 485 g/mol. The standard InChI is InChI=1S/C23H21ClN4O4S/c24-19-14-18(33-16-25)6-7-20(19)26-21(29)15-32-23(31)9-8-22(30)28-12-10-27(11-13-28)17-4-2-1-3-5-17/h1-9,14H,10-13,15H2,(H,26,29)/b9-8+. The van der Waals surface area contributed by atoms with Crippen molar-refractivity contribution in [1.29, 1.82) is 5.26 Å². The van der Waals surface area contributed by atoms with Crippen molar-refractivity contribution < 1.29 is 19.1 Å². The molecule has 2 aromatic rings. The molecule has 0 bridgehead atoms. The highest BCUT2D eigenvalue weighted by Crippen LogP contribution is 2.27. The van der Waals surface area contributed by atoms with E-state index in [1.807, 2.05) is 35.7 Å². The molecule has 0 atom stereocenters. The maximum Gasteiger partial charge on any atom is 0.331 e. The first-order chi connectivity index (χ1) is 16.0. The monoisotopic (exact) mass is 484 g/mol. The maximum atomic E-state index is 12.3. The zero-order valence-corrected chi connectivity index (χ0v) is 19.1. The summed E-state index contributed by atoms with van der Waals surface area (Å²) in [5.41, 5.74) is 1.45. The van der Waals surface area contributed by atoms with Crippen molar-refractivity contribution in [3.05, 3.63) is 65.7 Å². The third-order valence-electron chi connectivity index (χ3n) is 4.80. The Morgan fingerprint density at radius 2 is 1.82 bits per heavy atom. The number of hydrogen-bond donors (Lipinski definition) is 1. The summed E-state index contributed by atoms with van der Waals surface area (Å²) in [6.07, 6.45) is 2.17. The lowest BCUT2D eigenvalue weighted by Gasteiger charge is -2.35. The fourth-order valence-electron chi connectivity index (χ4n) is 3.15. The van der Waals surface area contributed by atoms with E-state index >= 15 is 0 Å². The minimum absolute atomic E-state index is 0.257. The summed E-state index contributed by atoms with van der Waals surface area (Å²) in [7, 11) is 0. The Balaban J connectivity index is 1.40. The molecule has 1 aliphatic heterocycles. The van der Waals surface area contributed by atoms with Crippen molar-refractivity contribution in [2.45, 2.75) is 4.90 Å². The smallest absolute Gasteiger partial charge is 0.331 e. The summed E-state index contributed by atoms with van der Waals surface area (Å²) < 4.78 is 4.88. The first-order valence-corrected chi connectivity index (χ1v) is 11.2. The molecular formula is C23H21ClN4O4S. The van der Waals surface area contributed by atoms with E-state index in [2.05, 4.69) is 10.2 Å². The zero-order chi connectivity index (χ0) is 23.6. The number of esters is 1. The van der Waals surface area contributed by atoms with Crippen molar-refractivity contribution in [2.75, 3.05) is 43.0 Å². The first-order valence-electron chi connectivity index (χ1n) is 10.1. The molecule has 8 nitrogen and oxygen atoms in total. The Kier molecular flexibility index (Phi) is 8.75. The first kappa shape index (κ1) is 24.2. The van der Waals surface area contributed by atoms with Gasteiger partial charge in [0, 0.05) is 48.9 Å². The second-order valence-electron chi connectivity index (χ2n) is 6.97. The minimum atomic E-state index is -0.798. The van der Waals surface area contributed by atoms with Crippen LogP contribution in [0.25, 0.3) is 0 Å². The number of nitriles is 1. The van der Waals surface area contributed by atoms with E-state index in [0.717, 1.165) is 29.6 Å². The molecule has 0 radical (unpaired) electrons. The normalized spacial score (nSPS) is 13.5. The Hall–Kier alpha value is -3.48. The molecule has 1 fully saturated rings. The van der Waals surface area contributed by atoms with E-state index in [1.54, 1.807) is 23.1 Å². The van der Waals surface area contributed by atoms with Gasteiger partial charge in [-0.25, -0.2) is 4.79 Å². The fourth-order valence-corrected chi connectivity index (χ4v) is 3.86. The molecule has 1 heterocycles. The van der Waals surface area contributed by atoms with E-state index in [1.165, 1.54) is 0 Å². The van der Waals surface area contributed by atoms with Gasteiger partial charge in [-0.05, 0) is 42.1 Å². The number of carbonyl (C=O) groups excluding carboxylic acids is 3. The number of anilines is 2. The Morgan fingerprint density at radius 1 is 1.09 bits per heavy atom. The van der Waals surface area contributed by atoms with Crippen LogP contribution in [0, 0.1) is 10.7 Å². The summed E-state index contributed by atoms with van der Waals surface area (Å²) in [5, 5.41) is 13.4. The molecule has 170 valence electrons. The molecule has 1 aliphatic rings. The number of para-hydroxylation sites is 1. The second kappa shape index (κ2) is 11.9. The van der Waals surface area contributed by atoms with Crippen LogP contribution in [0.1, 0.15) is 0 Å². The molecule has 0 saturated carbocycles. The van der Waals surface area contributed by atoms with E-state index < -0.39 is 18.5 Å². The highest BCUT2D eigenvalue weighted by molar-refractivity contribution is 8.03. The largest absolute Gasteiger partial charge is 0.452 e. The van der Waals surface area contributed by atoms with Crippen molar-refractivity contribution in [2.24, 2.45) is 0 Å². The Labute approximate surface area is 200 Å². The molecule has 2 amide bonds. The average Bonchev–Trinajstić information content (AvgIpc) is 2.84. The number of piperazine rings is 1. The summed E-state index contributed by atoms with van der Waals surface area (Å²) in [5.74, 6) is -1.66. The predicted molar refractivity (Wildman–Crippen MR) is 127 cm³/mol. The molecular weight excluding hydrogens is 464 g/mol. The molecule has 33 heavy (non-hydrogen) atoms. The van der Waals surface area contributed by atoms with Gasteiger partial charge in [-0.1, -0.05) is 29.8 Å². The number of halogens is 1. The van der Waals surface area contributed by atoms with Gasteiger partial charge in [-0.3, -0.25) is 9.59 Å². The highest BCUT2D eigenvalue weighted by atomic mass is 35.5. The van der Waals surface area contributed by atoms with E-state index in [-0.39, 0.29) is 10.9 Å². The Bertz CT molecular complexity index is 1080. The third kappa shape index (κ3) is 7.27. The van der Waals surface area contributed by atoms with Crippen LogP contribution in [0.5, 0.6) is 0 Å². The van der Waals surface area contributed by atoms with Crippen LogP contribution in [0.2, 0.25) is 5.02 Å². The number of ether oxygens (including phenoxy) is 1. The van der Waals surface area contributed by atoms with Crippen molar-refractivity contribution in [3.8, 4) is 5.40 Å². The number of carbonyl (C=O) groups is 3. The number of thiocyanates is 1. The van der Waals surface area contributed by atoms with Crippen molar-refractivity contribution in [1.82, 2.24) is 4.90 Å².